The second-order valence-corrected chi connectivity index (χ2v) is 8.64. The molecule has 0 aliphatic carbocycles. The van der Waals surface area contributed by atoms with Crippen LogP contribution in [-0.2, 0) is 0 Å². The Labute approximate surface area is 141 Å². The first-order valence-corrected chi connectivity index (χ1v) is 8.88. The molecular formula is C13H10Br3ClS. The van der Waals surface area contributed by atoms with Gasteiger partial charge in [0.15, 0.2) is 0 Å². The fraction of sp³-hybridized carbons (Fsp3) is 0.231. The first kappa shape index (κ1) is 15.0. The van der Waals surface area contributed by atoms with Crippen LogP contribution in [0.4, 0.5) is 0 Å². The van der Waals surface area contributed by atoms with Crippen LogP contribution in [0.3, 0.4) is 0 Å². The Morgan fingerprint density at radius 1 is 1.00 bits per heavy atom. The summed E-state index contributed by atoms with van der Waals surface area (Å²) in [6, 6.07) is 6.30. The van der Waals surface area contributed by atoms with Crippen LogP contribution in [0.5, 0.6) is 0 Å². The fourth-order valence-corrected chi connectivity index (χ4v) is 4.74. The number of hydrogen-bond donors (Lipinski definition) is 0. The molecule has 5 heteroatoms. The molecule has 1 aromatic heterocycles. The van der Waals surface area contributed by atoms with Gasteiger partial charge in [0.05, 0.1) is 9.16 Å². The predicted molar refractivity (Wildman–Crippen MR) is 91.0 cm³/mol. The summed E-state index contributed by atoms with van der Waals surface area (Å²) in [5.41, 5.74) is 3.50. The van der Waals surface area contributed by atoms with E-state index in [9.17, 15) is 0 Å². The molecule has 0 saturated heterocycles. The number of aryl methyl sites for hydroxylation is 2. The van der Waals surface area contributed by atoms with E-state index in [0.717, 1.165) is 23.2 Å². The minimum Gasteiger partial charge on any atom is -0.131 e. The molecule has 1 heterocycles. The molecule has 96 valence electrons. The Morgan fingerprint density at radius 2 is 1.67 bits per heavy atom. The SMILES string of the molecule is Cc1cc(Br)c(C(Cl)c2cc(C)c(Br)s2)cc1Br. The highest BCUT2D eigenvalue weighted by atomic mass is 79.9. The molecular weight excluding hydrogens is 463 g/mol. The van der Waals surface area contributed by atoms with Crippen LogP contribution in [0, 0.1) is 13.8 Å². The van der Waals surface area contributed by atoms with Crippen molar-refractivity contribution in [2.24, 2.45) is 0 Å². The van der Waals surface area contributed by atoms with Crippen molar-refractivity contribution in [1.29, 1.82) is 0 Å². The lowest BCUT2D eigenvalue weighted by atomic mass is 10.1. The largest absolute Gasteiger partial charge is 0.131 e. The van der Waals surface area contributed by atoms with Crippen LogP contribution in [0.1, 0.15) is 26.9 Å². The van der Waals surface area contributed by atoms with Crippen molar-refractivity contribution in [3.8, 4) is 0 Å². The number of halogens is 4. The smallest absolute Gasteiger partial charge is 0.0939 e. The van der Waals surface area contributed by atoms with Gasteiger partial charge in [0.2, 0.25) is 0 Å². The summed E-state index contributed by atoms with van der Waals surface area (Å²) in [4.78, 5) is 1.15. The van der Waals surface area contributed by atoms with Gasteiger partial charge in [-0.15, -0.1) is 22.9 Å². The predicted octanol–water partition coefficient (Wildman–Crippen LogP) is 6.98. The number of hydrogen-bond acceptors (Lipinski definition) is 1. The second-order valence-electron chi connectivity index (χ2n) is 4.09. The third kappa shape index (κ3) is 3.04. The van der Waals surface area contributed by atoms with Gasteiger partial charge in [0.25, 0.3) is 0 Å². The first-order valence-electron chi connectivity index (χ1n) is 5.25. The van der Waals surface area contributed by atoms with Gasteiger partial charge in [-0.25, -0.2) is 0 Å². The van der Waals surface area contributed by atoms with Crippen LogP contribution < -0.4 is 0 Å². The number of alkyl halides is 1. The molecule has 1 unspecified atom stereocenters. The second kappa shape index (κ2) is 5.96. The molecule has 0 nitrogen and oxygen atoms in total. The maximum Gasteiger partial charge on any atom is 0.0939 e. The van der Waals surface area contributed by atoms with Crippen LogP contribution in [0.15, 0.2) is 30.9 Å². The van der Waals surface area contributed by atoms with Gasteiger partial charge in [-0.1, -0.05) is 31.9 Å². The quantitative estimate of drug-likeness (QED) is 0.413. The summed E-state index contributed by atoms with van der Waals surface area (Å²) >= 11 is 19.0. The highest BCUT2D eigenvalue weighted by Crippen LogP contribution is 2.41. The molecule has 0 radical (unpaired) electrons. The van der Waals surface area contributed by atoms with Crippen molar-refractivity contribution >= 4 is 70.7 Å². The lowest BCUT2D eigenvalue weighted by molar-refractivity contribution is 1.15. The molecule has 1 aromatic carbocycles. The Morgan fingerprint density at radius 3 is 2.22 bits per heavy atom. The maximum absolute atomic E-state index is 6.59. The summed E-state index contributed by atoms with van der Waals surface area (Å²) in [6.07, 6.45) is 0. The molecule has 0 bridgehead atoms. The summed E-state index contributed by atoms with van der Waals surface area (Å²) < 4.78 is 3.27. The van der Waals surface area contributed by atoms with Crippen LogP contribution in [0.25, 0.3) is 0 Å². The van der Waals surface area contributed by atoms with E-state index in [1.54, 1.807) is 11.3 Å². The van der Waals surface area contributed by atoms with E-state index in [1.165, 1.54) is 11.1 Å². The maximum atomic E-state index is 6.59. The first-order chi connectivity index (χ1) is 8.40. The number of benzene rings is 1. The summed E-state index contributed by atoms with van der Waals surface area (Å²) in [6.45, 7) is 4.14. The van der Waals surface area contributed by atoms with Crippen molar-refractivity contribution in [3.05, 3.63) is 52.5 Å². The molecule has 2 rings (SSSR count). The Balaban J connectivity index is 2.45. The molecule has 0 N–H and O–H groups in total. The van der Waals surface area contributed by atoms with Crippen LogP contribution in [0.2, 0.25) is 0 Å². The topological polar surface area (TPSA) is 0 Å². The standard InChI is InChI=1S/C13H10Br3ClS/c1-6-3-10(15)8(5-9(6)14)12(17)11-4-7(2)13(16)18-11/h3-5,12H,1-2H3. The lowest BCUT2D eigenvalue weighted by Crippen LogP contribution is -1.93. The van der Waals surface area contributed by atoms with Crippen molar-refractivity contribution in [1.82, 2.24) is 0 Å². The molecule has 2 aromatic rings. The molecule has 0 fully saturated rings. The van der Waals surface area contributed by atoms with E-state index >= 15 is 0 Å². The van der Waals surface area contributed by atoms with Gasteiger partial charge < -0.3 is 0 Å². The molecule has 0 saturated carbocycles. The van der Waals surface area contributed by atoms with E-state index in [2.05, 4.69) is 79.8 Å². The third-order valence-electron chi connectivity index (χ3n) is 2.68. The van der Waals surface area contributed by atoms with Gasteiger partial charge in [-0.05, 0) is 64.7 Å². The monoisotopic (exact) mass is 470 g/mol. The zero-order chi connectivity index (χ0) is 13.4. The third-order valence-corrected chi connectivity index (χ3v) is 7.02. The summed E-state index contributed by atoms with van der Waals surface area (Å²) in [5, 5.41) is -0.133. The average molecular weight is 473 g/mol. The molecule has 0 spiro atoms. The molecule has 1 atom stereocenters. The molecule has 0 aliphatic heterocycles. The van der Waals surface area contributed by atoms with Gasteiger partial charge in [-0.3, -0.25) is 0 Å². The molecule has 0 aliphatic rings. The Hall–Kier alpha value is 0.650. The summed E-state index contributed by atoms with van der Waals surface area (Å²) in [7, 11) is 0. The number of rotatable bonds is 2. The van der Waals surface area contributed by atoms with Gasteiger partial charge in [-0.2, -0.15) is 0 Å². The average Bonchev–Trinajstić information content (AvgIpc) is 2.63. The normalized spacial score (nSPS) is 12.8. The van der Waals surface area contributed by atoms with E-state index in [1.807, 2.05) is 0 Å². The van der Waals surface area contributed by atoms with Crippen molar-refractivity contribution in [2.75, 3.05) is 0 Å². The zero-order valence-electron chi connectivity index (χ0n) is 9.73. The van der Waals surface area contributed by atoms with Crippen molar-refractivity contribution < 1.29 is 0 Å². The highest BCUT2D eigenvalue weighted by Gasteiger charge is 2.18. The summed E-state index contributed by atoms with van der Waals surface area (Å²) in [5.74, 6) is 0. The fourth-order valence-electron chi connectivity index (χ4n) is 1.62. The van der Waals surface area contributed by atoms with Gasteiger partial charge in [0, 0.05) is 13.8 Å². The lowest BCUT2D eigenvalue weighted by Gasteiger charge is -2.12. The van der Waals surface area contributed by atoms with E-state index in [-0.39, 0.29) is 5.38 Å². The van der Waals surface area contributed by atoms with Gasteiger partial charge >= 0.3 is 0 Å². The van der Waals surface area contributed by atoms with Crippen LogP contribution >= 0.6 is 70.7 Å². The van der Waals surface area contributed by atoms with Crippen molar-refractivity contribution in [2.45, 2.75) is 19.2 Å². The van der Waals surface area contributed by atoms with E-state index in [0.29, 0.717) is 0 Å². The Kier molecular flexibility index (Phi) is 4.98. The highest BCUT2D eigenvalue weighted by molar-refractivity contribution is 9.11. The van der Waals surface area contributed by atoms with Crippen LogP contribution in [-0.4, -0.2) is 0 Å². The minimum absolute atomic E-state index is 0.133. The number of thiophene rings is 1. The molecule has 0 amide bonds. The Bertz CT molecular complexity index is 573. The van der Waals surface area contributed by atoms with E-state index < -0.39 is 0 Å². The van der Waals surface area contributed by atoms with Crippen molar-refractivity contribution in [3.63, 3.8) is 0 Å². The zero-order valence-corrected chi connectivity index (χ0v) is 16.1. The van der Waals surface area contributed by atoms with E-state index in [4.69, 9.17) is 11.6 Å². The van der Waals surface area contributed by atoms with Gasteiger partial charge in [0.1, 0.15) is 0 Å². The molecule has 18 heavy (non-hydrogen) atoms. The minimum atomic E-state index is -0.133.